The van der Waals surface area contributed by atoms with Crippen molar-refractivity contribution in [2.75, 3.05) is 0 Å². The van der Waals surface area contributed by atoms with E-state index in [0.29, 0.717) is 17.8 Å². The highest BCUT2D eigenvalue weighted by Crippen LogP contribution is 2.44. The van der Waals surface area contributed by atoms with E-state index in [1.165, 1.54) is 51.4 Å². The van der Waals surface area contributed by atoms with E-state index in [4.69, 9.17) is 10.4 Å². The average Bonchev–Trinajstić information content (AvgIpc) is 2.76. The summed E-state index contributed by atoms with van der Waals surface area (Å²) in [6.07, 6.45) is 16.1. The first-order valence-electron chi connectivity index (χ1n) is 10.5. The first kappa shape index (κ1) is 23.7. The molecule has 0 aliphatic heterocycles. The molecule has 6 fully saturated rings. The lowest BCUT2D eigenvalue weighted by atomic mass is 9.62. The van der Waals surface area contributed by atoms with Crippen molar-refractivity contribution in [1.29, 1.82) is 0 Å². The van der Waals surface area contributed by atoms with Crippen LogP contribution in [0.25, 0.3) is 0 Å². The Bertz CT molecular complexity index is 561. The summed E-state index contributed by atoms with van der Waals surface area (Å²) < 4.78 is 0.273. The smallest absolute Gasteiger partial charge is 0.0874 e. The summed E-state index contributed by atoms with van der Waals surface area (Å²) in [7, 11) is 0. The summed E-state index contributed by atoms with van der Waals surface area (Å²) in [6, 6.07) is 0. The maximum atomic E-state index is 8.96. The summed E-state index contributed by atoms with van der Waals surface area (Å²) in [5.74, 6) is 3.30. The molecule has 1 atom stereocenters. The van der Waals surface area contributed by atoms with Gasteiger partial charge in [0.15, 0.2) is 0 Å². The van der Waals surface area contributed by atoms with E-state index in [0.717, 1.165) is 36.1 Å². The third-order valence-electron chi connectivity index (χ3n) is 6.80. The average molecular weight is 518 g/mol. The molecule has 4 nitrogen and oxygen atoms in total. The molecule has 0 aromatic carbocycles. The van der Waals surface area contributed by atoms with Crippen LogP contribution in [0.3, 0.4) is 0 Å². The zero-order chi connectivity index (χ0) is 20.5. The van der Waals surface area contributed by atoms with Gasteiger partial charge in [0.05, 0.1) is 15.2 Å². The van der Waals surface area contributed by atoms with Crippen molar-refractivity contribution in [3.8, 4) is 0 Å². The molecule has 6 rings (SSSR count). The second kappa shape index (κ2) is 12.2. The minimum absolute atomic E-state index is 0.273. The molecule has 0 aromatic rings. The second-order valence-electron chi connectivity index (χ2n) is 8.35. The zero-order valence-electron chi connectivity index (χ0n) is 16.6. The molecule has 0 spiro atoms. The van der Waals surface area contributed by atoms with Gasteiger partial charge in [0.25, 0.3) is 0 Å². The van der Waals surface area contributed by atoms with E-state index >= 15 is 0 Å². The Kier molecular flexibility index (Phi) is 10.3. The van der Waals surface area contributed by atoms with Gasteiger partial charge in [-0.1, -0.05) is 54.3 Å². The lowest BCUT2D eigenvalue weighted by molar-refractivity contribution is 0.207. The Hall–Kier alpha value is -0.620. The van der Waals surface area contributed by atoms with Gasteiger partial charge in [-0.3, -0.25) is 0 Å². The number of fused-ring (bicyclic) bond motifs is 6. The van der Waals surface area contributed by atoms with E-state index in [-0.39, 0.29) is 3.74 Å². The topological polar surface area (TPSA) is 65.2 Å². The van der Waals surface area contributed by atoms with Crippen LogP contribution < -0.4 is 0 Å². The molecule has 6 aliphatic rings. The lowest BCUT2D eigenvalue weighted by Gasteiger charge is -2.42. The summed E-state index contributed by atoms with van der Waals surface area (Å²) in [4.78, 5) is 0. The van der Waals surface area contributed by atoms with Crippen LogP contribution in [0.5, 0.6) is 0 Å². The van der Waals surface area contributed by atoms with Gasteiger partial charge in [-0.25, -0.2) is 0 Å². The van der Waals surface area contributed by atoms with Crippen LogP contribution in [0, 0.1) is 29.6 Å². The molecule has 28 heavy (non-hydrogen) atoms. The van der Waals surface area contributed by atoms with Gasteiger partial charge in [0, 0.05) is 17.8 Å². The normalized spacial score (nSPS) is 35.8. The van der Waals surface area contributed by atoms with Gasteiger partial charge in [-0.2, -0.15) is 0 Å². The van der Waals surface area contributed by atoms with Crippen LogP contribution in [-0.2, 0) is 0 Å². The molecule has 0 heterocycles. The van der Waals surface area contributed by atoms with Gasteiger partial charge in [0.2, 0.25) is 0 Å². The highest BCUT2D eigenvalue weighted by molar-refractivity contribution is 9.24. The fraction of sp³-hybridized carbons (Fsp3) is 0.727. The van der Waals surface area contributed by atoms with Crippen molar-refractivity contribution in [3.05, 3.63) is 25.3 Å². The van der Waals surface area contributed by atoms with Crippen molar-refractivity contribution in [1.82, 2.24) is 0 Å². The van der Waals surface area contributed by atoms with Gasteiger partial charge >= 0.3 is 0 Å². The number of alkyl halides is 2. The molecular weight excluding hydrogens is 484 g/mol. The van der Waals surface area contributed by atoms with E-state index in [9.17, 15) is 0 Å². The van der Waals surface area contributed by atoms with Crippen molar-refractivity contribution in [2.45, 2.75) is 67.9 Å². The first-order chi connectivity index (χ1) is 13.5. The van der Waals surface area contributed by atoms with Crippen LogP contribution in [0.1, 0.15) is 64.2 Å². The molecular formula is C22H34Br2N2O2. The van der Waals surface area contributed by atoms with E-state index in [1.807, 2.05) is 6.08 Å². The minimum Gasteiger partial charge on any atom is -0.411 e. The minimum atomic E-state index is 0.273. The zero-order valence-corrected chi connectivity index (χ0v) is 19.8. The van der Waals surface area contributed by atoms with Crippen LogP contribution >= 0.6 is 31.9 Å². The van der Waals surface area contributed by atoms with Crippen molar-refractivity contribution >= 4 is 43.3 Å². The number of halogens is 2. The Morgan fingerprint density at radius 1 is 0.929 bits per heavy atom. The van der Waals surface area contributed by atoms with Crippen LogP contribution in [-0.4, -0.2) is 25.6 Å². The van der Waals surface area contributed by atoms with E-state index in [1.54, 1.807) is 6.08 Å². The quantitative estimate of drug-likeness (QED) is 0.181. The van der Waals surface area contributed by atoms with Crippen molar-refractivity contribution in [2.24, 2.45) is 39.9 Å². The van der Waals surface area contributed by atoms with Crippen LogP contribution in [0.15, 0.2) is 35.6 Å². The molecule has 6 heteroatoms. The molecule has 4 bridgehead atoms. The van der Waals surface area contributed by atoms with Crippen molar-refractivity contribution in [3.63, 3.8) is 0 Å². The molecule has 6 saturated carbocycles. The predicted octanol–water partition coefficient (Wildman–Crippen LogP) is 7.14. The molecule has 0 radical (unpaired) electrons. The van der Waals surface area contributed by atoms with Crippen LogP contribution in [0.2, 0.25) is 0 Å². The SMILES string of the molecule is C=CC(Br)Br.C=CCC1/C(=N\O)C2CCC1CC2.O/N=C1\CC2CCC1CC2. The number of hydrogen-bond acceptors (Lipinski definition) is 4. The fourth-order valence-electron chi connectivity index (χ4n) is 5.29. The fourth-order valence-corrected chi connectivity index (χ4v) is 5.29. The number of nitrogens with zero attached hydrogens (tertiary/aromatic N) is 2. The molecule has 0 amide bonds. The number of allylic oxidation sites excluding steroid dienone is 2. The second-order valence-corrected chi connectivity index (χ2v) is 11.6. The third kappa shape index (κ3) is 6.45. The van der Waals surface area contributed by atoms with Gasteiger partial charge in [-0.15, -0.1) is 13.2 Å². The standard InChI is InChI=1S/C11H17NO.C8H13NO.C3H4Br2/c1-2-3-10-8-4-6-9(7-5-8)11(10)12-13;10-9-8-5-6-1-3-7(8)4-2-6;1-2-3(4)5/h2,8-10,13H,1,3-7H2;6-7,10H,1-5H2;2-3H,1H2/b12-11-;9-8+;. The Morgan fingerprint density at radius 2 is 1.50 bits per heavy atom. The summed E-state index contributed by atoms with van der Waals surface area (Å²) in [6.45, 7) is 7.24. The van der Waals surface area contributed by atoms with Gasteiger partial charge in [0.1, 0.15) is 0 Å². The Balaban J connectivity index is 0.000000166. The van der Waals surface area contributed by atoms with Crippen LogP contribution in [0.4, 0.5) is 0 Å². The number of rotatable bonds is 3. The monoisotopic (exact) mass is 516 g/mol. The highest BCUT2D eigenvalue weighted by Gasteiger charge is 2.40. The van der Waals surface area contributed by atoms with E-state index in [2.05, 4.69) is 55.3 Å². The van der Waals surface area contributed by atoms with E-state index < -0.39 is 0 Å². The Morgan fingerprint density at radius 3 is 1.86 bits per heavy atom. The van der Waals surface area contributed by atoms with Gasteiger partial charge < -0.3 is 10.4 Å². The summed E-state index contributed by atoms with van der Waals surface area (Å²) in [5.41, 5.74) is 2.13. The number of oxime groups is 2. The van der Waals surface area contributed by atoms with Crippen molar-refractivity contribution < 1.29 is 10.4 Å². The predicted molar refractivity (Wildman–Crippen MR) is 124 cm³/mol. The summed E-state index contributed by atoms with van der Waals surface area (Å²) in [5, 5.41) is 24.4. The largest absolute Gasteiger partial charge is 0.411 e. The maximum absolute atomic E-state index is 8.96. The first-order valence-corrected chi connectivity index (χ1v) is 12.3. The third-order valence-corrected chi connectivity index (χ3v) is 7.55. The summed E-state index contributed by atoms with van der Waals surface area (Å²) >= 11 is 6.34. The Labute approximate surface area is 186 Å². The molecule has 2 N–H and O–H groups in total. The van der Waals surface area contributed by atoms with Gasteiger partial charge in [-0.05, 0) is 76.0 Å². The molecule has 1 unspecified atom stereocenters. The lowest BCUT2D eigenvalue weighted by Crippen LogP contribution is -2.40. The molecule has 0 saturated heterocycles. The maximum Gasteiger partial charge on any atom is 0.0874 e. The molecule has 0 aromatic heterocycles. The molecule has 158 valence electrons. The highest BCUT2D eigenvalue weighted by atomic mass is 79.9. The number of hydrogen-bond donors (Lipinski definition) is 2. The molecule has 6 aliphatic carbocycles.